The van der Waals surface area contributed by atoms with E-state index in [-0.39, 0.29) is 29.9 Å². The van der Waals surface area contributed by atoms with Gasteiger partial charge in [0, 0.05) is 49.7 Å². The molecule has 0 bridgehead atoms. The molecule has 28 heavy (non-hydrogen) atoms. The molecule has 0 aliphatic carbocycles. The fourth-order valence-electron chi connectivity index (χ4n) is 2.48. The molecule has 154 valence electrons. The number of aliphatic imine (C=N–C) groups is 1. The third-order valence-electron chi connectivity index (χ3n) is 3.98. The minimum atomic E-state index is 0. The Morgan fingerprint density at radius 1 is 1.18 bits per heavy atom. The first-order valence-corrected chi connectivity index (χ1v) is 10.2. The van der Waals surface area contributed by atoms with Crippen LogP contribution in [0.4, 0.5) is 5.69 Å². The molecule has 0 unspecified atom stereocenters. The highest BCUT2D eigenvalue weighted by atomic mass is 127. The molecule has 3 N–H and O–H groups in total. The van der Waals surface area contributed by atoms with Gasteiger partial charge in [0.1, 0.15) is 0 Å². The van der Waals surface area contributed by atoms with Gasteiger partial charge in [0.15, 0.2) is 5.96 Å². The van der Waals surface area contributed by atoms with E-state index >= 15 is 0 Å². The lowest BCUT2D eigenvalue weighted by atomic mass is 10.2. The van der Waals surface area contributed by atoms with E-state index in [2.05, 4.69) is 32.9 Å². The molecule has 0 atom stereocenters. The molecule has 8 heteroatoms. The Kier molecular flexibility index (Phi) is 11.7. The monoisotopic (exact) mass is 515 g/mol. The summed E-state index contributed by atoms with van der Waals surface area (Å²) in [7, 11) is 1.76. The number of hydrogen-bond donors (Lipinski definition) is 3. The van der Waals surface area contributed by atoms with Crippen molar-refractivity contribution in [1.82, 2.24) is 15.6 Å². The average Bonchev–Trinajstić information content (AvgIpc) is 3.14. The van der Waals surface area contributed by atoms with Crippen LogP contribution in [-0.2, 0) is 24.2 Å². The fourth-order valence-corrected chi connectivity index (χ4v) is 3.34. The zero-order chi connectivity index (χ0) is 19.5. The third-order valence-corrected chi connectivity index (χ3v) is 5.18. The van der Waals surface area contributed by atoms with Gasteiger partial charge in [-0.15, -0.1) is 35.3 Å². The molecule has 0 saturated carbocycles. The van der Waals surface area contributed by atoms with E-state index in [4.69, 9.17) is 0 Å². The van der Waals surface area contributed by atoms with Gasteiger partial charge in [0.25, 0.3) is 0 Å². The summed E-state index contributed by atoms with van der Waals surface area (Å²) in [6, 6.07) is 7.86. The standard InChI is InChI=1S/C20H29N5OS.HI/c1-4-6-18(26)25-16-9-7-15(8-10-16)13-24-20(21-3)22-12-11-19-23-14-17(5-2)27-19;/h7-10,14H,4-6,11-13H2,1-3H3,(H,25,26)(H2,21,22,24);1H. The van der Waals surface area contributed by atoms with Gasteiger partial charge in [0.05, 0.1) is 5.01 Å². The number of amides is 1. The van der Waals surface area contributed by atoms with E-state index in [1.165, 1.54) is 4.88 Å². The lowest BCUT2D eigenvalue weighted by Gasteiger charge is -2.12. The number of nitrogens with one attached hydrogen (secondary N) is 3. The van der Waals surface area contributed by atoms with Crippen LogP contribution in [0.2, 0.25) is 0 Å². The van der Waals surface area contributed by atoms with Crippen molar-refractivity contribution < 1.29 is 4.79 Å². The molecule has 1 aromatic heterocycles. The highest BCUT2D eigenvalue weighted by Crippen LogP contribution is 2.13. The van der Waals surface area contributed by atoms with Crippen molar-refractivity contribution in [3.63, 3.8) is 0 Å². The largest absolute Gasteiger partial charge is 0.356 e. The maximum Gasteiger partial charge on any atom is 0.224 e. The summed E-state index contributed by atoms with van der Waals surface area (Å²) in [5.74, 6) is 0.821. The minimum Gasteiger partial charge on any atom is -0.356 e. The number of nitrogens with zero attached hydrogens (tertiary/aromatic N) is 2. The van der Waals surface area contributed by atoms with Crippen molar-refractivity contribution >= 4 is 52.9 Å². The molecule has 0 aliphatic rings. The zero-order valence-electron chi connectivity index (χ0n) is 16.7. The molecule has 2 rings (SSSR count). The van der Waals surface area contributed by atoms with Crippen LogP contribution in [0, 0.1) is 0 Å². The predicted molar refractivity (Wildman–Crippen MR) is 129 cm³/mol. The van der Waals surface area contributed by atoms with Crippen LogP contribution in [0.3, 0.4) is 0 Å². The molecule has 0 radical (unpaired) electrons. The molecule has 0 spiro atoms. The van der Waals surface area contributed by atoms with E-state index in [9.17, 15) is 4.79 Å². The van der Waals surface area contributed by atoms with Crippen LogP contribution < -0.4 is 16.0 Å². The minimum absolute atomic E-state index is 0. The van der Waals surface area contributed by atoms with E-state index < -0.39 is 0 Å². The summed E-state index contributed by atoms with van der Waals surface area (Å²) in [6.45, 7) is 5.60. The first kappa shape index (κ1) is 24.4. The molecule has 0 saturated heterocycles. The number of carbonyl (C=O) groups is 1. The van der Waals surface area contributed by atoms with Crippen LogP contribution in [0.25, 0.3) is 0 Å². The SMILES string of the molecule is CCCC(=O)Nc1ccc(CNC(=NC)NCCc2ncc(CC)s2)cc1.I. The highest BCUT2D eigenvalue weighted by Gasteiger charge is 2.03. The van der Waals surface area contributed by atoms with E-state index in [0.29, 0.717) is 13.0 Å². The first-order chi connectivity index (χ1) is 13.1. The van der Waals surface area contributed by atoms with Crippen LogP contribution in [0.15, 0.2) is 35.5 Å². The first-order valence-electron chi connectivity index (χ1n) is 9.41. The summed E-state index contributed by atoms with van der Waals surface area (Å²) in [6.07, 6.45) is 5.28. The fraction of sp³-hybridized carbons (Fsp3) is 0.450. The van der Waals surface area contributed by atoms with Gasteiger partial charge in [-0.05, 0) is 30.5 Å². The Morgan fingerprint density at radius 3 is 2.54 bits per heavy atom. The van der Waals surface area contributed by atoms with Crippen molar-refractivity contribution in [2.75, 3.05) is 18.9 Å². The highest BCUT2D eigenvalue weighted by molar-refractivity contribution is 14.0. The smallest absolute Gasteiger partial charge is 0.224 e. The Balaban J connectivity index is 0.00000392. The van der Waals surface area contributed by atoms with Gasteiger partial charge < -0.3 is 16.0 Å². The van der Waals surface area contributed by atoms with Crippen molar-refractivity contribution in [1.29, 1.82) is 0 Å². The topological polar surface area (TPSA) is 78.4 Å². The van der Waals surface area contributed by atoms with Gasteiger partial charge in [-0.3, -0.25) is 9.79 Å². The van der Waals surface area contributed by atoms with E-state index in [0.717, 1.165) is 48.0 Å². The van der Waals surface area contributed by atoms with Crippen LogP contribution >= 0.6 is 35.3 Å². The second-order valence-electron chi connectivity index (χ2n) is 6.17. The molecule has 6 nitrogen and oxygen atoms in total. The summed E-state index contributed by atoms with van der Waals surface area (Å²) in [5.41, 5.74) is 1.95. The number of anilines is 1. The summed E-state index contributed by atoms with van der Waals surface area (Å²) >= 11 is 1.77. The molecule has 0 fully saturated rings. The number of carbonyl (C=O) groups excluding carboxylic acids is 1. The lowest BCUT2D eigenvalue weighted by Crippen LogP contribution is -2.37. The molecular formula is C20H30IN5OS. The number of thiazole rings is 1. The van der Waals surface area contributed by atoms with Gasteiger partial charge in [-0.2, -0.15) is 0 Å². The zero-order valence-corrected chi connectivity index (χ0v) is 19.9. The van der Waals surface area contributed by atoms with Gasteiger partial charge >= 0.3 is 0 Å². The number of hydrogen-bond acceptors (Lipinski definition) is 4. The number of rotatable bonds is 9. The van der Waals surface area contributed by atoms with Crippen molar-refractivity contribution in [3.05, 3.63) is 45.9 Å². The Hall–Kier alpha value is -1.68. The lowest BCUT2D eigenvalue weighted by molar-refractivity contribution is -0.116. The van der Waals surface area contributed by atoms with Crippen LogP contribution in [0.1, 0.15) is 42.1 Å². The second-order valence-corrected chi connectivity index (χ2v) is 7.37. The van der Waals surface area contributed by atoms with Crippen LogP contribution in [-0.4, -0.2) is 30.4 Å². The number of halogens is 1. The van der Waals surface area contributed by atoms with Gasteiger partial charge in [-0.1, -0.05) is 26.0 Å². The van der Waals surface area contributed by atoms with E-state index in [1.54, 1.807) is 18.4 Å². The number of aromatic nitrogens is 1. The summed E-state index contributed by atoms with van der Waals surface area (Å²) in [4.78, 5) is 21.6. The van der Waals surface area contributed by atoms with E-state index in [1.807, 2.05) is 37.4 Å². The van der Waals surface area contributed by atoms with Crippen molar-refractivity contribution in [2.24, 2.45) is 4.99 Å². The van der Waals surface area contributed by atoms with Crippen molar-refractivity contribution in [2.45, 2.75) is 46.1 Å². The average molecular weight is 515 g/mol. The summed E-state index contributed by atoms with van der Waals surface area (Å²) < 4.78 is 0. The number of aryl methyl sites for hydroxylation is 1. The molecule has 1 amide bonds. The molecule has 0 aliphatic heterocycles. The molecule has 1 aromatic carbocycles. The number of guanidine groups is 1. The Labute approximate surface area is 188 Å². The molecule has 1 heterocycles. The summed E-state index contributed by atoms with van der Waals surface area (Å²) in [5, 5.41) is 10.7. The normalized spacial score (nSPS) is 10.9. The van der Waals surface area contributed by atoms with Crippen LogP contribution in [0.5, 0.6) is 0 Å². The molecule has 2 aromatic rings. The van der Waals surface area contributed by atoms with Gasteiger partial charge in [0.2, 0.25) is 5.91 Å². The maximum absolute atomic E-state index is 11.6. The second kappa shape index (κ2) is 13.5. The quantitative estimate of drug-likeness (QED) is 0.268. The van der Waals surface area contributed by atoms with Crippen molar-refractivity contribution in [3.8, 4) is 0 Å². The number of benzene rings is 1. The Morgan fingerprint density at radius 2 is 1.93 bits per heavy atom. The maximum atomic E-state index is 11.6. The predicted octanol–water partition coefficient (Wildman–Crippen LogP) is 3.97. The third kappa shape index (κ3) is 8.55. The Bertz CT molecular complexity index is 745. The van der Waals surface area contributed by atoms with Gasteiger partial charge in [-0.25, -0.2) is 4.98 Å². The molecular weight excluding hydrogens is 485 g/mol.